The number of carboxylic acid groups (broad SMARTS) is 1. The summed E-state index contributed by atoms with van der Waals surface area (Å²) in [5.41, 5.74) is 0. The molecule has 2 aliphatic rings. The second-order valence-corrected chi connectivity index (χ2v) is 5.13. The number of ether oxygens (including phenoxy) is 2. The molecular formula is C12H17NO9. The maximum atomic E-state index is 11.6. The Morgan fingerprint density at radius 1 is 1.18 bits per heavy atom. The molecule has 2 fully saturated rings. The third-order valence-corrected chi connectivity index (χ3v) is 3.60. The maximum Gasteiger partial charge on any atom is 0.335 e. The first kappa shape index (κ1) is 16.8. The Bertz CT molecular complexity index is 465. The summed E-state index contributed by atoms with van der Waals surface area (Å²) in [6, 6.07) is 0. The number of carbonyl (C=O) groups excluding carboxylic acids is 2. The number of hydrogen-bond donors (Lipinski definition) is 4. The van der Waals surface area contributed by atoms with Crippen LogP contribution in [0.2, 0.25) is 0 Å². The molecule has 22 heavy (non-hydrogen) atoms. The number of nitrogens with zero attached hydrogens (tertiary/aromatic N) is 1. The number of amides is 2. The predicted octanol–water partition coefficient (Wildman–Crippen LogP) is -2.61. The van der Waals surface area contributed by atoms with Crippen LogP contribution in [0.4, 0.5) is 0 Å². The van der Waals surface area contributed by atoms with Crippen LogP contribution in [0.1, 0.15) is 19.8 Å². The van der Waals surface area contributed by atoms with Gasteiger partial charge in [0.05, 0.1) is 0 Å². The Labute approximate surface area is 124 Å². The van der Waals surface area contributed by atoms with E-state index in [9.17, 15) is 29.7 Å². The van der Waals surface area contributed by atoms with Gasteiger partial charge in [-0.3, -0.25) is 14.5 Å². The first-order chi connectivity index (χ1) is 10.2. The van der Waals surface area contributed by atoms with Crippen LogP contribution in [0.5, 0.6) is 0 Å². The highest BCUT2D eigenvalue weighted by Crippen LogP contribution is 2.25. The molecule has 0 aromatic rings. The molecule has 6 atom stereocenters. The van der Waals surface area contributed by atoms with Gasteiger partial charge in [0.15, 0.2) is 12.4 Å². The van der Waals surface area contributed by atoms with E-state index in [0.717, 1.165) is 4.90 Å². The molecule has 1 unspecified atom stereocenters. The lowest BCUT2D eigenvalue weighted by Crippen LogP contribution is -2.61. The Kier molecular flexibility index (Phi) is 4.78. The third kappa shape index (κ3) is 2.96. The second kappa shape index (κ2) is 6.26. The van der Waals surface area contributed by atoms with E-state index >= 15 is 0 Å². The van der Waals surface area contributed by atoms with E-state index in [2.05, 4.69) is 0 Å². The summed E-state index contributed by atoms with van der Waals surface area (Å²) in [5.74, 6) is -2.47. The van der Waals surface area contributed by atoms with Gasteiger partial charge in [-0.15, -0.1) is 0 Å². The van der Waals surface area contributed by atoms with Crippen molar-refractivity contribution in [3.8, 4) is 0 Å². The van der Waals surface area contributed by atoms with Crippen LogP contribution in [0.15, 0.2) is 0 Å². The summed E-state index contributed by atoms with van der Waals surface area (Å²) in [5, 5.41) is 37.9. The summed E-state index contributed by atoms with van der Waals surface area (Å²) in [6.45, 7) is 1.35. The predicted molar refractivity (Wildman–Crippen MR) is 66.0 cm³/mol. The zero-order valence-electron chi connectivity index (χ0n) is 11.7. The molecular weight excluding hydrogens is 302 g/mol. The van der Waals surface area contributed by atoms with Crippen molar-refractivity contribution in [3.63, 3.8) is 0 Å². The fourth-order valence-corrected chi connectivity index (χ4v) is 2.42. The van der Waals surface area contributed by atoms with Crippen molar-refractivity contribution in [2.75, 3.05) is 0 Å². The molecule has 2 amide bonds. The van der Waals surface area contributed by atoms with Crippen LogP contribution in [0, 0.1) is 0 Å². The monoisotopic (exact) mass is 319 g/mol. The van der Waals surface area contributed by atoms with Crippen LogP contribution in [0.25, 0.3) is 0 Å². The number of aliphatic hydroxyl groups excluding tert-OH is 3. The van der Waals surface area contributed by atoms with Crippen LogP contribution in [0.3, 0.4) is 0 Å². The van der Waals surface area contributed by atoms with Crippen molar-refractivity contribution in [1.82, 2.24) is 4.90 Å². The van der Waals surface area contributed by atoms with E-state index in [4.69, 9.17) is 14.6 Å². The van der Waals surface area contributed by atoms with Gasteiger partial charge in [-0.25, -0.2) is 4.79 Å². The number of aliphatic hydroxyl groups is 3. The quantitative estimate of drug-likeness (QED) is 0.408. The highest BCUT2D eigenvalue weighted by atomic mass is 16.7. The summed E-state index contributed by atoms with van der Waals surface area (Å²) in [6.07, 6.45) is -9.83. The fraction of sp³-hybridized carbons (Fsp3) is 0.750. The third-order valence-electron chi connectivity index (χ3n) is 3.60. The number of aliphatic carboxylic acids is 1. The van der Waals surface area contributed by atoms with Gasteiger partial charge < -0.3 is 29.9 Å². The Hall–Kier alpha value is -1.59. The molecule has 0 spiro atoms. The van der Waals surface area contributed by atoms with E-state index in [1.54, 1.807) is 0 Å². The lowest BCUT2D eigenvalue weighted by molar-refractivity contribution is -0.310. The molecule has 2 rings (SSSR count). The van der Waals surface area contributed by atoms with Crippen LogP contribution in [-0.2, 0) is 23.9 Å². The average Bonchev–Trinajstić information content (AvgIpc) is 2.78. The lowest BCUT2D eigenvalue weighted by Gasteiger charge is -2.40. The zero-order chi connectivity index (χ0) is 16.6. The Balaban J connectivity index is 2.09. The highest BCUT2D eigenvalue weighted by molar-refractivity contribution is 6.02. The largest absolute Gasteiger partial charge is 0.479 e. The summed E-state index contributed by atoms with van der Waals surface area (Å²) in [7, 11) is 0. The van der Waals surface area contributed by atoms with Crippen molar-refractivity contribution < 1.29 is 44.3 Å². The summed E-state index contributed by atoms with van der Waals surface area (Å²) in [4.78, 5) is 34.9. The molecule has 2 heterocycles. The normalized spacial score (nSPS) is 37.5. The SMILES string of the molecule is CC(O[C@@H]1O[C@H](C(=O)O)[C@@H](O)[C@H](O)[C@H]1O)N1C(=O)CCC1=O. The minimum absolute atomic E-state index is 0.0414. The lowest BCUT2D eigenvalue weighted by atomic mass is 9.99. The van der Waals surface area contributed by atoms with Gasteiger partial charge in [0.25, 0.3) is 0 Å². The highest BCUT2D eigenvalue weighted by Gasteiger charge is 2.48. The molecule has 0 saturated carbocycles. The van der Waals surface area contributed by atoms with Crippen molar-refractivity contribution in [2.24, 2.45) is 0 Å². The molecule has 2 saturated heterocycles. The van der Waals surface area contributed by atoms with Gasteiger partial charge in [-0.2, -0.15) is 0 Å². The number of rotatable bonds is 4. The molecule has 10 nitrogen and oxygen atoms in total. The number of likely N-dealkylation sites (tertiary alicyclic amines) is 1. The molecule has 0 aromatic heterocycles. The van der Waals surface area contributed by atoms with Crippen molar-refractivity contribution in [3.05, 3.63) is 0 Å². The molecule has 0 aromatic carbocycles. The van der Waals surface area contributed by atoms with E-state index in [1.165, 1.54) is 6.92 Å². The zero-order valence-corrected chi connectivity index (χ0v) is 11.7. The van der Waals surface area contributed by atoms with E-state index in [0.29, 0.717) is 0 Å². The minimum Gasteiger partial charge on any atom is -0.479 e. The van der Waals surface area contributed by atoms with Gasteiger partial charge in [0.2, 0.25) is 11.8 Å². The van der Waals surface area contributed by atoms with Crippen molar-refractivity contribution >= 4 is 17.8 Å². The standard InChI is InChI=1S/C12H17NO9/c1-4(13-5(14)2-3-6(13)15)21-12-9(18)7(16)8(17)10(22-12)11(19)20/h4,7-10,12,16-18H,2-3H2,1H3,(H,19,20)/t4?,7-,8-,9+,10-,12+/m0/s1. The molecule has 0 bridgehead atoms. The fourth-order valence-electron chi connectivity index (χ4n) is 2.42. The number of carboxylic acids is 1. The number of hydrogen-bond acceptors (Lipinski definition) is 8. The van der Waals surface area contributed by atoms with Crippen LogP contribution < -0.4 is 0 Å². The van der Waals surface area contributed by atoms with Gasteiger partial charge in [0, 0.05) is 12.8 Å². The molecule has 10 heteroatoms. The summed E-state index contributed by atoms with van der Waals surface area (Å²) < 4.78 is 10.1. The average molecular weight is 319 g/mol. The van der Waals surface area contributed by atoms with Crippen LogP contribution in [-0.4, -0.2) is 80.0 Å². The smallest absolute Gasteiger partial charge is 0.335 e. The molecule has 4 N–H and O–H groups in total. The number of carbonyl (C=O) groups is 3. The first-order valence-electron chi connectivity index (χ1n) is 6.67. The second-order valence-electron chi connectivity index (χ2n) is 5.13. The van der Waals surface area contributed by atoms with Crippen molar-refractivity contribution in [2.45, 2.75) is 56.7 Å². The van der Waals surface area contributed by atoms with Gasteiger partial charge in [0.1, 0.15) is 24.5 Å². The maximum absolute atomic E-state index is 11.6. The molecule has 2 aliphatic heterocycles. The number of imide groups is 1. The molecule has 0 radical (unpaired) electrons. The van der Waals surface area contributed by atoms with Crippen LogP contribution >= 0.6 is 0 Å². The first-order valence-corrected chi connectivity index (χ1v) is 6.67. The Morgan fingerprint density at radius 3 is 2.23 bits per heavy atom. The van der Waals surface area contributed by atoms with E-state index < -0.39 is 54.7 Å². The van der Waals surface area contributed by atoms with Gasteiger partial charge in [-0.1, -0.05) is 0 Å². The van der Waals surface area contributed by atoms with Gasteiger partial charge in [-0.05, 0) is 6.92 Å². The van der Waals surface area contributed by atoms with E-state index in [1.807, 2.05) is 0 Å². The summed E-state index contributed by atoms with van der Waals surface area (Å²) >= 11 is 0. The van der Waals surface area contributed by atoms with E-state index in [-0.39, 0.29) is 12.8 Å². The van der Waals surface area contributed by atoms with Gasteiger partial charge >= 0.3 is 5.97 Å². The molecule has 0 aliphatic carbocycles. The Morgan fingerprint density at radius 2 is 1.73 bits per heavy atom. The minimum atomic E-state index is -1.84. The van der Waals surface area contributed by atoms with Crippen molar-refractivity contribution in [1.29, 1.82) is 0 Å². The molecule has 124 valence electrons. The topological polar surface area (TPSA) is 154 Å².